The van der Waals surface area contributed by atoms with Crippen LogP contribution in [-0.2, 0) is 6.42 Å². The maximum absolute atomic E-state index is 6.14. The van der Waals surface area contributed by atoms with Crippen LogP contribution in [0.2, 0.25) is 0 Å². The van der Waals surface area contributed by atoms with E-state index in [1.807, 2.05) is 0 Å². The maximum Gasteiger partial charge on any atom is 0.244 e. The fourth-order valence-corrected chi connectivity index (χ4v) is 3.05. The topological polar surface area (TPSA) is 70.8 Å². The van der Waals surface area contributed by atoms with Crippen LogP contribution >= 0.6 is 0 Å². The van der Waals surface area contributed by atoms with Crippen LogP contribution in [0, 0.1) is 0 Å². The van der Waals surface area contributed by atoms with Crippen molar-refractivity contribution in [2.75, 3.05) is 11.4 Å². The summed E-state index contributed by atoms with van der Waals surface area (Å²) >= 11 is 0. The third-order valence-corrected chi connectivity index (χ3v) is 4.59. The molecule has 3 N–H and O–H groups in total. The van der Waals surface area contributed by atoms with Crippen LogP contribution in [0.4, 0.5) is 5.95 Å². The molecule has 0 radical (unpaired) electrons. The molecule has 0 aliphatic carbocycles. The molecule has 1 fully saturated rings. The number of nitrogens with two attached hydrogens (primary N) is 1. The van der Waals surface area contributed by atoms with Crippen molar-refractivity contribution in [1.29, 1.82) is 0 Å². The van der Waals surface area contributed by atoms with Crippen LogP contribution in [0.5, 0.6) is 0 Å². The van der Waals surface area contributed by atoms with Gasteiger partial charge < -0.3 is 10.6 Å². The number of aryl methyl sites for hydroxylation is 1. The van der Waals surface area contributed by atoms with Gasteiger partial charge >= 0.3 is 0 Å². The number of piperidine rings is 1. The van der Waals surface area contributed by atoms with E-state index in [4.69, 9.17) is 5.73 Å². The Balaban J connectivity index is 1.76. The molecule has 2 heterocycles. The molecule has 0 amide bonds. The number of unbranched alkanes of at least 4 members (excludes halogenated alkanes) is 5. The molecular weight excluding hydrogens is 262 g/mol. The largest absolute Gasteiger partial charge is 0.335 e. The normalized spacial score (nSPS) is 22.7. The van der Waals surface area contributed by atoms with Gasteiger partial charge in [-0.25, -0.2) is 0 Å². The highest BCUT2D eigenvalue weighted by molar-refractivity contribution is 5.32. The predicted molar refractivity (Wildman–Crippen MR) is 87.5 cm³/mol. The summed E-state index contributed by atoms with van der Waals surface area (Å²) in [5.41, 5.74) is 6.14. The summed E-state index contributed by atoms with van der Waals surface area (Å²) < 4.78 is 0. The second kappa shape index (κ2) is 8.37. The molecule has 2 unspecified atom stereocenters. The lowest BCUT2D eigenvalue weighted by Crippen LogP contribution is -2.50. The molecule has 1 aromatic rings. The molecule has 0 bridgehead atoms. The zero-order chi connectivity index (χ0) is 15.1. The van der Waals surface area contributed by atoms with Crippen molar-refractivity contribution in [3.63, 3.8) is 0 Å². The molecule has 1 aliphatic rings. The molecular formula is C16H31N5. The lowest BCUT2D eigenvalue weighted by Gasteiger charge is -2.36. The minimum absolute atomic E-state index is 0.235. The molecule has 2 atom stereocenters. The van der Waals surface area contributed by atoms with Gasteiger partial charge in [-0.1, -0.05) is 39.0 Å². The zero-order valence-electron chi connectivity index (χ0n) is 13.6. The molecule has 2 rings (SSSR count). The van der Waals surface area contributed by atoms with E-state index in [1.165, 1.54) is 38.5 Å². The van der Waals surface area contributed by atoms with Crippen LogP contribution in [0.25, 0.3) is 0 Å². The highest BCUT2D eigenvalue weighted by Gasteiger charge is 2.27. The Bertz CT molecular complexity index is 403. The quantitative estimate of drug-likeness (QED) is 0.723. The number of nitrogens with one attached hydrogen (secondary N) is 1. The van der Waals surface area contributed by atoms with E-state index in [9.17, 15) is 0 Å². The van der Waals surface area contributed by atoms with Crippen molar-refractivity contribution >= 4 is 5.95 Å². The number of hydrogen-bond donors (Lipinski definition) is 2. The Kier molecular flexibility index (Phi) is 6.49. The lowest BCUT2D eigenvalue weighted by atomic mass is 9.99. The molecule has 0 saturated carbocycles. The van der Waals surface area contributed by atoms with Gasteiger partial charge in [0.25, 0.3) is 0 Å². The molecule has 120 valence electrons. The molecule has 0 aromatic carbocycles. The van der Waals surface area contributed by atoms with Gasteiger partial charge in [0, 0.05) is 25.0 Å². The van der Waals surface area contributed by atoms with E-state index in [-0.39, 0.29) is 6.04 Å². The van der Waals surface area contributed by atoms with Gasteiger partial charge in [0.1, 0.15) is 5.82 Å². The number of anilines is 1. The van der Waals surface area contributed by atoms with E-state index in [1.54, 1.807) is 0 Å². The van der Waals surface area contributed by atoms with Crippen LogP contribution in [0.15, 0.2) is 0 Å². The van der Waals surface area contributed by atoms with Gasteiger partial charge in [-0.15, -0.1) is 5.10 Å². The summed E-state index contributed by atoms with van der Waals surface area (Å²) in [6, 6.07) is 0.565. The Hall–Kier alpha value is -1.10. The number of hydrogen-bond acceptors (Lipinski definition) is 4. The maximum atomic E-state index is 6.14. The smallest absolute Gasteiger partial charge is 0.244 e. The Morgan fingerprint density at radius 2 is 2.00 bits per heavy atom. The SMILES string of the molecule is CCCCCCCCc1nc(N2CCCC(N)C2C)n[nH]1. The molecule has 1 saturated heterocycles. The van der Waals surface area contributed by atoms with E-state index in [0.29, 0.717) is 6.04 Å². The fourth-order valence-electron chi connectivity index (χ4n) is 3.05. The summed E-state index contributed by atoms with van der Waals surface area (Å²) in [5.74, 6) is 1.85. The summed E-state index contributed by atoms with van der Waals surface area (Å²) in [5, 5.41) is 7.48. The van der Waals surface area contributed by atoms with Gasteiger partial charge in [0.2, 0.25) is 5.95 Å². The van der Waals surface area contributed by atoms with Crippen LogP contribution in [0.3, 0.4) is 0 Å². The molecule has 21 heavy (non-hydrogen) atoms. The Morgan fingerprint density at radius 3 is 2.81 bits per heavy atom. The molecule has 1 aromatic heterocycles. The van der Waals surface area contributed by atoms with Gasteiger partial charge in [0.15, 0.2) is 0 Å². The van der Waals surface area contributed by atoms with E-state index >= 15 is 0 Å². The van der Waals surface area contributed by atoms with Crippen molar-refractivity contribution in [2.45, 2.75) is 83.7 Å². The minimum Gasteiger partial charge on any atom is -0.335 e. The van der Waals surface area contributed by atoms with E-state index < -0.39 is 0 Å². The minimum atomic E-state index is 0.235. The number of nitrogens with zero attached hydrogens (tertiary/aromatic N) is 3. The molecule has 0 spiro atoms. The second-order valence-electron chi connectivity index (χ2n) is 6.34. The molecule has 1 aliphatic heterocycles. The van der Waals surface area contributed by atoms with Crippen molar-refractivity contribution < 1.29 is 0 Å². The average Bonchev–Trinajstić information content (AvgIpc) is 2.94. The first-order chi connectivity index (χ1) is 10.2. The summed E-state index contributed by atoms with van der Waals surface area (Å²) in [7, 11) is 0. The van der Waals surface area contributed by atoms with Crippen molar-refractivity contribution in [3.05, 3.63) is 5.82 Å². The monoisotopic (exact) mass is 293 g/mol. The highest BCUT2D eigenvalue weighted by atomic mass is 15.4. The summed E-state index contributed by atoms with van der Waals surface area (Å²) in [6.07, 6.45) is 11.1. The number of aromatic amines is 1. The van der Waals surface area contributed by atoms with E-state index in [0.717, 1.165) is 37.6 Å². The Morgan fingerprint density at radius 1 is 1.24 bits per heavy atom. The average molecular weight is 293 g/mol. The van der Waals surface area contributed by atoms with Crippen LogP contribution < -0.4 is 10.6 Å². The highest BCUT2D eigenvalue weighted by Crippen LogP contribution is 2.21. The first-order valence-electron chi connectivity index (χ1n) is 8.66. The number of rotatable bonds is 8. The zero-order valence-corrected chi connectivity index (χ0v) is 13.6. The second-order valence-corrected chi connectivity index (χ2v) is 6.34. The Labute approximate surface area is 128 Å². The predicted octanol–water partition coefficient (Wildman–Crippen LogP) is 3.02. The van der Waals surface area contributed by atoms with Gasteiger partial charge in [-0.05, 0) is 26.2 Å². The van der Waals surface area contributed by atoms with Gasteiger partial charge in [-0.3, -0.25) is 5.10 Å². The van der Waals surface area contributed by atoms with Crippen molar-refractivity contribution in [1.82, 2.24) is 15.2 Å². The van der Waals surface area contributed by atoms with E-state index in [2.05, 4.69) is 33.9 Å². The van der Waals surface area contributed by atoms with Gasteiger partial charge in [0.05, 0.1) is 0 Å². The van der Waals surface area contributed by atoms with Crippen LogP contribution in [-0.4, -0.2) is 33.8 Å². The summed E-state index contributed by atoms with van der Waals surface area (Å²) in [6.45, 7) is 5.44. The lowest BCUT2D eigenvalue weighted by molar-refractivity contribution is 0.416. The third kappa shape index (κ3) is 4.70. The first kappa shape index (κ1) is 16.3. The number of H-pyrrole nitrogens is 1. The molecule has 5 heteroatoms. The third-order valence-electron chi connectivity index (χ3n) is 4.59. The van der Waals surface area contributed by atoms with Crippen molar-refractivity contribution in [2.24, 2.45) is 5.73 Å². The van der Waals surface area contributed by atoms with Crippen LogP contribution in [0.1, 0.15) is 71.0 Å². The number of aromatic nitrogens is 3. The van der Waals surface area contributed by atoms with Crippen molar-refractivity contribution in [3.8, 4) is 0 Å². The molecule has 5 nitrogen and oxygen atoms in total. The first-order valence-corrected chi connectivity index (χ1v) is 8.66. The van der Waals surface area contributed by atoms with Gasteiger partial charge in [-0.2, -0.15) is 4.98 Å². The fraction of sp³-hybridized carbons (Fsp3) is 0.875. The summed E-state index contributed by atoms with van der Waals surface area (Å²) in [4.78, 5) is 6.90. The standard InChI is InChI=1S/C16H31N5/c1-3-4-5-6-7-8-11-15-18-16(20-19-15)21-12-9-10-14(17)13(21)2/h13-14H,3-12,17H2,1-2H3,(H,18,19,20).